The van der Waals surface area contributed by atoms with Crippen LogP contribution < -0.4 is 5.56 Å². The Morgan fingerprint density at radius 2 is 2.21 bits per heavy atom. The fourth-order valence-electron chi connectivity index (χ4n) is 2.09. The molecule has 2 aromatic rings. The summed E-state index contributed by atoms with van der Waals surface area (Å²) in [6.45, 7) is 6.42. The lowest BCUT2D eigenvalue weighted by Crippen LogP contribution is -2.23. The van der Waals surface area contributed by atoms with Crippen LogP contribution in [0.15, 0.2) is 4.79 Å². The van der Waals surface area contributed by atoms with E-state index in [1.807, 2.05) is 13.8 Å². The van der Waals surface area contributed by atoms with E-state index >= 15 is 0 Å². The molecule has 1 N–H and O–H groups in total. The molecule has 0 aliphatic heterocycles. The number of hydrogen-bond acceptors (Lipinski definition) is 4. The van der Waals surface area contributed by atoms with Gasteiger partial charge in [0, 0.05) is 12.2 Å². The van der Waals surface area contributed by atoms with E-state index in [9.17, 15) is 4.79 Å². The van der Waals surface area contributed by atoms with E-state index in [0.29, 0.717) is 42.1 Å². The van der Waals surface area contributed by atoms with Crippen molar-refractivity contribution in [2.24, 2.45) is 0 Å². The molecule has 0 aromatic carbocycles. The Balaban J connectivity index is 2.75. The highest BCUT2D eigenvalue weighted by Gasteiger charge is 2.16. The molecule has 0 atom stereocenters. The molecule has 100 valence electrons. The Morgan fingerprint density at radius 3 is 2.79 bits per heavy atom. The molecular weight excluding hydrogens is 244 g/mol. The zero-order valence-electron chi connectivity index (χ0n) is 11.3. The van der Waals surface area contributed by atoms with Gasteiger partial charge >= 0.3 is 0 Å². The number of ether oxygens (including phenoxy) is 1. The summed E-state index contributed by atoms with van der Waals surface area (Å²) in [5.41, 5.74) is 2.57. The number of aromatic nitrogens is 3. The van der Waals surface area contributed by atoms with Crippen molar-refractivity contribution in [3.05, 3.63) is 32.9 Å². The zero-order valence-corrected chi connectivity index (χ0v) is 11.3. The Bertz CT molecular complexity index is 706. The molecule has 0 amide bonds. The maximum atomic E-state index is 12.3. The van der Waals surface area contributed by atoms with Gasteiger partial charge in [-0.15, -0.1) is 0 Å². The molecule has 0 spiro atoms. The van der Waals surface area contributed by atoms with Gasteiger partial charge in [0.05, 0.1) is 18.0 Å². The molecule has 0 radical (unpaired) electrons. The molecule has 0 unspecified atom stereocenters. The lowest BCUT2D eigenvalue weighted by molar-refractivity contribution is 0.130. The Morgan fingerprint density at radius 1 is 1.47 bits per heavy atom. The van der Waals surface area contributed by atoms with Gasteiger partial charge in [-0.05, 0) is 20.3 Å². The molecule has 0 aliphatic carbocycles. The standard InChI is InChI=1S/C13H16N4O2/c1-4-9-11(7-19-5-2)15-12-10(6-14)8(3)16-17(12)13(9)18/h15H,4-5,7H2,1-3H3. The maximum Gasteiger partial charge on any atom is 0.277 e. The average Bonchev–Trinajstić information content (AvgIpc) is 2.72. The number of nitriles is 1. The summed E-state index contributed by atoms with van der Waals surface area (Å²) in [5, 5.41) is 13.3. The number of nitrogens with one attached hydrogen (secondary N) is 1. The van der Waals surface area contributed by atoms with E-state index in [1.165, 1.54) is 4.52 Å². The first-order valence-corrected chi connectivity index (χ1v) is 6.25. The minimum Gasteiger partial charge on any atom is -0.376 e. The van der Waals surface area contributed by atoms with E-state index in [4.69, 9.17) is 10.00 Å². The topological polar surface area (TPSA) is 83.2 Å². The van der Waals surface area contributed by atoms with Crippen LogP contribution in [0.25, 0.3) is 5.65 Å². The number of nitrogens with zero attached hydrogens (tertiary/aromatic N) is 3. The van der Waals surface area contributed by atoms with Crippen molar-refractivity contribution in [3.63, 3.8) is 0 Å². The van der Waals surface area contributed by atoms with Gasteiger partial charge in [0.1, 0.15) is 11.6 Å². The normalized spacial score (nSPS) is 10.8. The molecular formula is C13H16N4O2. The third-order valence-corrected chi connectivity index (χ3v) is 3.06. The lowest BCUT2D eigenvalue weighted by atomic mass is 10.2. The van der Waals surface area contributed by atoms with Crippen LogP contribution in [0.1, 0.15) is 36.4 Å². The molecule has 6 heteroatoms. The minimum absolute atomic E-state index is 0.185. The van der Waals surface area contributed by atoms with Gasteiger partial charge in [-0.3, -0.25) is 4.79 Å². The predicted octanol–water partition coefficient (Wildman–Crippen LogP) is 1.30. The highest BCUT2D eigenvalue weighted by molar-refractivity contribution is 5.57. The monoisotopic (exact) mass is 260 g/mol. The van der Waals surface area contributed by atoms with Crippen LogP contribution in [0.4, 0.5) is 0 Å². The fraction of sp³-hybridized carbons (Fsp3) is 0.462. The summed E-state index contributed by atoms with van der Waals surface area (Å²) in [6, 6.07) is 2.07. The smallest absolute Gasteiger partial charge is 0.277 e. The van der Waals surface area contributed by atoms with Gasteiger partial charge in [0.2, 0.25) is 0 Å². The third kappa shape index (κ3) is 2.13. The van der Waals surface area contributed by atoms with E-state index in [0.717, 1.165) is 5.69 Å². The van der Waals surface area contributed by atoms with Gasteiger partial charge < -0.3 is 9.72 Å². The minimum atomic E-state index is -0.185. The number of fused-ring (bicyclic) bond motifs is 1. The highest BCUT2D eigenvalue weighted by atomic mass is 16.5. The van der Waals surface area contributed by atoms with Crippen LogP contribution in [0.2, 0.25) is 0 Å². The Kier molecular flexibility index (Phi) is 3.67. The summed E-state index contributed by atoms with van der Waals surface area (Å²) in [7, 11) is 0. The summed E-state index contributed by atoms with van der Waals surface area (Å²) >= 11 is 0. The first-order chi connectivity index (χ1) is 9.13. The van der Waals surface area contributed by atoms with Crippen molar-refractivity contribution in [2.75, 3.05) is 6.61 Å². The second-order valence-electron chi connectivity index (χ2n) is 4.21. The van der Waals surface area contributed by atoms with Crippen LogP contribution in [0, 0.1) is 18.3 Å². The molecule has 0 saturated heterocycles. The lowest BCUT2D eigenvalue weighted by Gasteiger charge is -2.08. The third-order valence-electron chi connectivity index (χ3n) is 3.06. The number of hydrogen-bond donors (Lipinski definition) is 1. The van der Waals surface area contributed by atoms with Gasteiger partial charge in [0.15, 0.2) is 5.65 Å². The van der Waals surface area contributed by atoms with Crippen LogP contribution in [-0.4, -0.2) is 21.2 Å². The average molecular weight is 260 g/mol. The molecule has 2 rings (SSSR count). The molecule has 2 aromatic heterocycles. The Hall–Kier alpha value is -2.13. The molecule has 0 bridgehead atoms. The SMILES string of the molecule is CCOCc1[nH]c2c(C#N)c(C)nn2c(=O)c1CC. The van der Waals surface area contributed by atoms with E-state index < -0.39 is 0 Å². The number of rotatable bonds is 4. The van der Waals surface area contributed by atoms with Gasteiger partial charge in [-0.2, -0.15) is 14.9 Å². The van der Waals surface area contributed by atoms with Crippen molar-refractivity contribution in [1.29, 1.82) is 5.26 Å². The molecule has 19 heavy (non-hydrogen) atoms. The van der Waals surface area contributed by atoms with Crippen molar-refractivity contribution in [2.45, 2.75) is 33.8 Å². The van der Waals surface area contributed by atoms with Crippen molar-refractivity contribution in [1.82, 2.24) is 14.6 Å². The zero-order chi connectivity index (χ0) is 14.0. The van der Waals surface area contributed by atoms with Crippen molar-refractivity contribution in [3.8, 4) is 6.07 Å². The predicted molar refractivity (Wildman–Crippen MR) is 70.0 cm³/mol. The summed E-state index contributed by atoms with van der Waals surface area (Å²) in [4.78, 5) is 15.5. The van der Waals surface area contributed by atoms with Crippen LogP contribution in [-0.2, 0) is 17.8 Å². The van der Waals surface area contributed by atoms with Gasteiger partial charge in [-0.25, -0.2) is 0 Å². The summed E-state index contributed by atoms with van der Waals surface area (Å²) < 4.78 is 6.63. The highest BCUT2D eigenvalue weighted by Crippen LogP contribution is 2.13. The van der Waals surface area contributed by atoms with Crippen LogP contribution in [0.5, 0.6) is 0 Å². The molecule has 0 saturated carbocycles. The van der Waals surface area contributed by atoms with Gasteiger partial charge in [0.25, 0.3) is 5.56 Å². The number of aryl methyl sites for hydroxylation is 1. The Labute approximate surface area is 110 Å². The van der Waals surface area contributed by atoms with Crippen molar-refractivity contribution >= 4 is 5.65 Å². The van der Waals surface area contributed by atoms with Crippen LogP contribution in [0.3, 0.4) is 0 Å². The summed E-state index contributed by atoms with van der Waals surface area (Å²) in [6.07, 6.45) is 0.592. The first-order valence-electron chi connectivity index (χ1n) is 6.25. The molecule has 0 aliphatic rings. The van der Waals surface area contributed by atoms with E-state index in [1.54, 1.807) is 6.92 Å². The van der Waals surface area contributed by atoms with Crippen LogP contribution >= 0.6 is 0 Å². The molecule has 0 fully saturated rings. The maximum absolute atomic E-state index is 12.3. The second-order valence-corrected chi connectivity index (χ2v) is 4.21. The quantitative estimate of drug-likeness (QED) is 0.898. The molecule has 6 nitrogen and oxygen atoms in total. The van der Waals surface area contributed by atoms with E-state index in [2.05, 4.69) is 16.2 Å². The van der Waals surface area contributed by atoms with Gasteiger partial charge in [-0.1, -0.05) is 6.92 Å². The van der Waals surface area contributed by atoms with Crippen molar-refractivity contribution < 1.29 is 4.74 Å². The molecule has 2 heterocycles. The number of aromatic amines is 1. The largest absolute Gasteiger partial charge is 0.376 e. The summed E-state index contributed by atoms with van der Waals surface area (Å²) in [5.74, 6) is 0. The fourth-order valence-corrected chi connectivity index (χ4v) is 2.09. The van der Waals surface area contributed by atoms with E-state index in [-0.39, 0.29) is 5.56 Å². The second kappa shape index (κ2) is 5.24. The first kappa shape index (κ1) is 13.3. The number of H-pyrrole nitrogens is 1.